The Morgan fingerprint density at radius 3 is 2.97 bits per heavy atom. The molecule has 7 heteroatoms. The second-order valence-electron chi connectivity index (χ2n) is 8.67. The molecular formula is C23H26N4O3. The van der Waals surface area contributed by atoms with Crippen molar-refractivity contribution in [3.8, 4) is 0 Å². The predicted octanol–water partition coefficient (Wildman–Crippen LogP) is 1.53. The normalized spacial score (nSPS) is 25.4. The van der Waals surface area contributed by atoms with Crippen molar-refractivity contribution in [2.24, 2.45) is 11.8 Å². The summed E-state index contributed by atoms with van der Waals surface area (Å²) in [5, 5.41) is 16.1. The first-order valence-electron chi connectivity index (χ1n) is 10.6. The molecule has 1 aliphatic carbocycles. The lowest BCUT2D eigenvalue weighted by Crippen LogP contribution is -2.42. The Morgan fingerprint density at radius 2 is 2.13 bits per heavy atom. The molecule has 0 unspecified atom stereocenters. The van der Waals surface area contributed by atoms with Crippen LogP contribution < -0.4 is 10.6 Å². The number of anilines is 1. The highest BCUT2D eigenvalue weighted by Crippen LogP contribution is 2.57. The summed E-state index contributed by atoms with van der Waals surface area (Å²) in [5.74, 6) is 0.200. The number of nitrogens with zero attached hydrogens (tertiary/aromatic N) is 2. The van der Waals surface area contributed by atoms with Gasteiger partial charge in [-0.15, -0.1) is 0 Å². The molecular weight excluding hydrogens is 380 g/mol. The molecule has 3 heterocycles. The molecule has 1 fully saturated rings. The number of β-amino-alcohol motifs (C(OH)–C–C–N with tert-alkyl or cyclic N) is 1. The molecule has 1 aromatic heterocycles. The fourth-order valence-corrected chi connectivity index (χ4v) is 4.85. The SMILES string of the molecule is C[C@H]1[C@H]2C(=O)Nc3cc(C(=O)NC[C@H](O)CN4CCc5ccccc5C4)cnc3[C@@H]12. The van der Waals surface area contributed by atoms with Crippen LogP contribution in [0.3, 0.4) is 0 Å². The minimum Gasteiger partial charge on any atom is -0.390 e. The van der Waals surface area contributed by atoms with E-state index in [1.807, 2.05) is 6.07 Å². The number of carbonyl (C=O) groups excluding carboxylic acids is 2. The Bertz CT molecular complexity index is 1010. The number of amides is 2. The molecule has 0 spiro atoms. The van der Waals surface area contributed by atoms with Crippen LogP contribution in [0.25, 0.3) is 0 Å². The molecule has 7 nitrogen and oxygen atoms in total. The lowest BCUT2D eigenvalue weighted by molar-refractivity contribution is -0.117. The molecule has 2 aromatic rings. The van der Waals surface area contributed by atoms with Crippen LogP contribution in [-0.2, 0) is 17.8 Å². The molecule has 156 valence electrons. The van der Waals surface area contributed by atoms with Gasteiger partial charge in [-0.2, -0.15) is 0 Å². The lowest BCUT2D eigenvalue weighted by atomic mass is 10.00. The number of nitrogens with one attached hydrogen (secondary N) is 2. The first kappa shape index (κ1) is 19.2. The molecule has 0 bridgehead atoms. The van der Waals surface area contributed by atoms with Gasteiger partial charge < -0.3 is 15.7 Å². The van der Waals surface area contributed by atoms with Crippen molar-refractivity contribution in [1.29, 1.82) is 0 Å². The zero-order chi connectivity index (χ0) is 20.8. The highest BCUT2D eigenvalue weighted by molar-refractivity contribution is 6.01. The smallest absolute Gasteiger partial charge is 0.253 e. The zero-order valence-electron chi connectivity index (χ0n) is 17.0. The van der Waals surface area contributed by atoms with Crippen molar-refractivity contribution in [1.82, 2.24) is 15.2 Å². The van der Waals surface area contributed by atoms with E-state index in [2.05, 4.69) is 45.6 Å². The number of aliphatic hydroxyl groups is 1. The Morgan fingerprint density at radius 1 is 1.33 bits per heavy atom. The standard InChI is InChI=1S/C23H26N4O3/c1-13-19-20(13)23(30)26-18-8-16(9-24-21(18)19)22(29)25-10-17(28)12-27-7-6-14-4-2-3-5-15(14)11-27/h2-5,8-9,13,17,19-20,28H,6-7,10-12H2,1H3,(H,25,29)(H,26,30)/t13-,17+,19+,20-/m1/s1. The van der Waals surface area contributed by atoms with E-state index < -0.39 is 6.10 Å². The molecule has 2 aliphatic heterocycles. The van der Waals surface area contributed by atoms with Crippen molar-refractivity contribution in [2.75, 3.05) is 25.0 Å². The van der Waals surface area contributed by atoms with Crippen LogP contribution in [0.15, 0.2) is 36.5 Å². The third-order valence-electron chi connectivity index (χ3n) is 6.61. The van der Waals surface area contributed by atoms with Crippen LogP contribution in [0.5, 0.6) is 0 Å². The average Bonchev–Trinajstić information content (AvgIpc) is 3.43. The summed E-state index contributed by atoms with van der Waals surface area (Å²) in [7, 11) is 0. The summed E-state index contributed by atoms with van der Waals surface area (Å²) in [6.45, 7) is 4.44. The number of carbonyl (C=O) groups is 2. The van der Waals surface area contributed by atoms with Gasteiger partial charge in [-0.25, -0.2) is 0 Å². The number of rotatable bonds is 5. The Labute approximate surface area is 175 Å². The number of fused-ring (bicyclic) bond motifs is 4. The Kier molecular flexibility index (Phi) is 4.79. The second kappa shape index (κ2) is 7.49. The minimum atomic E-state index is -0.655. The average molecular weight is 406 g/mol. The van der Waals surface area contributed by atoms with Gasteiger partial charge in [0, 0.05) is 38.3 Å². The first-order chi connectivity index (χ1) is 14.5. The quantitative estimate of drug-likeness (QED) is 0.700. The van der Waals surface area contributed by atoms with Crippen molar-refractivity contribution in [3.05, 3.63) is 58.9 Å². The van der Waals surface area contributed by atoms with Crippen molar-refractivity contribution < 1.29 is 14.7 Å². The van der Waals surface area contributed by atoms with Crippen molar-refractivity contribution >= 4 is 17.5 Å². The number of pyridine rings is 1. The molecule has 3 aliphatic rings. The predicted molar refractivity (Wildman–Crippen MR) is 112 cm³/mol. The van der Waals surface area contributed by atoms with Gasteiger partial charge in [-0.05, 0) is 29.5 Å². The van der Waals surface area contributed by atoms with Crippen LogP contribution in [0.1, 0.15) is 40.0 Å². The molecule has 0 saturated heterocycles. The Balaban J connectivity index is 1.16. The van der Waals surface area contributed by atoms with Crippen molar-refractivity contribution in [3.63, 3.8) is 0 Å². The van der Waals surface area contributed by atoms with Gasteiger partial charge in [0.05, 0.1) is 29.0 Å². The lowest BCUT2D eigenvalue weighted by Gasteiger charge is -2.30. The van der Waals surface area contributed by atoms with E-state index >= 15 is 0 Å². The largest absolute Gasteiger partial charge is 0.390 e. The molecule has 4 atom stereocenters. The highest BCUT2D eigenvalue weighted by Gasteiger charge is 2.56. The van der Waals surface area contributed by atoms with Gasteiger partial charge in [-0.1, -0.05) is 31.2 Å². The van der Waals surface area contributed by atoms with E-state index in [-0.39, 0.29) is 30.2 Å². The highest BCUT2D eigenvalue weighted by atomic mass is 16.3. The van der Waals surface area contributed by atoms with Crippen molar-refractivity contribution in [2.45, 2.75) is 31.9 Å². The van der Waals surface area contributed by atoms with Crippen LogP contribution in [0.4, 0.5) is 5.69 Å². The van der Waals surface area contributed by atoms with Gasteiger partial charge in [0.1, 0.15) is 0 Å². The van der Waals surface area contributed by atoms with E-state index in [9.17, 15) is 14.7 Å². The maximum absolute atomic E-state index is 12.5. The van der Waals surface area contributed by atoms with Crippen LogP contribution >= 0.6 is 0 Å². The summed E-state index contributed by atoms with van der Waals surface area (Å²) >= 11 is 0. The molecule has 0 radical (unpaired) electrons. The number of hydrogen-bond donors (Lipinski definition) is 3. The number of benzene rings is 1. The Hall–Kier alpha value is -2.77. The maximum atomic E-state index is 12.5. The number of aliphatic hydroxyl groups excluding tert-OH is 1. The minimum absolute atomic E-state index is 0.0119. The fraction of sp³-hybridized carbons (Fsp3) is 0.435. The molecule has 2 amide bonds. The van der Waals surface area contributed by atoms with Crippen LogP contribution in [0, 0.1) is 11.8 Å². The molecule has 3 N–H and O–H groups in total. The summed E-state index contributed by atoms with van der Waals surface area (Å²) in [6, 6.07) is 10.1. The maximum Gasteiger partial charge on any atom is 0.253 e. The second-order valence-corrected chi connectivity index (χ2v) is 8.67. The summed E-state index contributed by atoms with van der Waals surface area (Å²) in [5.41, 5.74) is 4.56. The number of aromatic nitrogens is 1. The zero-order valence-corrected chi connectivity index (χ0v) is 17.0. The molecule has 30 heavy (non-hydrogen) atoms. The molecule has 1 saturated carbocycles. The third kappa shape index (κ3) is 3.48. The van der Waals surface area contributed by atoms with Gasteiger partial charge in [0.15, 0.2) is 0 Å². The summed E-state index contributed by atoms with van der Waals surface area (Å²) in [6.07, 6.45) is 1.88. The van der Waals surface area contributed by atoms with E-state index in [1.165, 1.54) is 11.1 Å². The number of hydrogen-bond acceptors (Lipinski definition) is 5. The molecule has 1 aromatic carbocycles. The summed E-state index contributed by atoms with van der Waals surface area (Å²) < 4.78 is 0. The third-order valence-corrected chi connectivity index (χ3v) is 6.61. The topological polar surface area (TPSA) is 94.6 Å². The first-order valence-corrected chi connectivity index (χ1v) is 10.6. The monoisotopic (exact) mass is 406 g/mol. The van der Waals surface area contributed by atoms with Gasteiger partial charge in [0.2, 0.25) is 5.91 Å². The molecule has 5 rings (SSSR count). The van der Waals surface area contributed by atoms with E-state index in [0.717, 1.165) is 25.2 Å². The van der Waals surface area contributed by atoms with Gasteiger partial charge >= 0.3 is 0 Å². The van der Waals surface area contributed by atoms with Crippen LogP contribution in [0.2, 0.25) is 0 Å². The van der Waals surface area contributed by atoms with Gasteiger partial charge in [0.25, 0.3) is 5.91 Å². The fourth-order valence-electron chi connectivity index (χ4n) is 4.85. The van der Waals surface area contributed by atoms with E-state index in [1.54, 1.807) is 12.3 Å². The van der Waals surface area contributed by atoms with Gasteiger partial charge in [-0.3, -0.25) is 19.5 Å². The van der Waals surface area contributed by atoms with Crippen LogP contribution in [-0.4, -0.2) is 52.5 Å². The summed E-state index contributed by atoms with van der Waals surface area (Å²) in [4.78, 5) is 31.3. The van der Waals surface area contributed by atoms with E-state index in [4.69, 9.17) is 0 Å². The van der Waals surface area contributed by atoms with E-state index in [0.29, 0.717) is 23.7 Å².